The van der Waals surface area contributed by atoms with Crippen molar-refractivity contribution in [3.05, 3.63) is 0 Å². The Kier molecular flexibility index (Phi) is 5.47. The zero-order valence-corrected chi connectivity index (χ0v) is 11.8. The van der Waals surface area contributed by atoms with E-state index in [9.17, 15) is 4.79 Å². The Hall–Kier alpha value is -0.570. The smallest absolute Gasteiger partial charge is 0.227 e. The highest BCUT2D eigenvalue weighted by molar-refractivity contribution is 5.81. The number of hydrogen-bond donors (Lipinski definition) is 1. The maximum Gasteiger partial charge on any atom is 0.227 e. The summed E-state index contributed by atoms with van der Waals surface area (Å²) in [6, 6.07) is 0. The van der Waals surface area contributed by atoms with E-state index in [4.69, 9.17) is 4.74 Å². The second-order valence-electron chi connectivity index (χ2n) is 6.40. The third-order valence-electron chi connectivity index (χ3n) is 2.28. The summed E-state index contributed by atoms with van der Waals surface area (Å²) in [4.78, 5) is 11.6. The van der Waals surface area contributed by atoms with Gasteiger partial charge in [-0.25, -0.2) is 0 Å². The van der Waals surface area contributed by atoms with Crippen LogP contribution in [0.1, 0.15) is 54.9 Å². The Bertz CT molecular complexity index is 227. The van der Waals surface area contributed by atoms with Crippen LogP contribution in [0, 0.1) is 11.3 Å². The first-order valence-electron chi connectivity index (χ1n) is 5.97. The van der Waals surface area contributed by atoms with Crippen LogP contribution >= 0.6 is 0 Å². The van der Waals surface area contributed by atoms with Crippen LogP contribution in [0.3, 0.4) is 0 Å². The lowest BCUT2D eigenvalue weighted by atomic mass is 9.95. The Morgan fingerprint density at radius 1 is 1.19 bits per heavy atom. The molecular weight excluding hydrogens is 202 g/mol. The summed E-state index contributed by atoms with van der Waals surface area (Å²) >= 11 is 0. The van der Waals surface area contributed by atoms with E-state index in [0.717, 1.165) is 6.42 Å². The van der Waals surface area contributed by atoms with Crippen LogP contribution in [0.25, 0.3) is 0 Å². The van der Waals surface area contributed by atoms with E-state index in [1.807, 2.05) is 20.8 Å². The van der Waals surface area contributed by atoms with Crippen molar-refractivity contribution in [2.24, 2.45) is 11.3 Å². The quantitative estimate of drug-likeness (QED) is 0.736. The Morgan fingerprint density at radius 3 is 2.06 bits per heavy atom. The molecule has 0 aliphatic heterocycles. The van der Waals surface area contributed by atoms with E-state index < -0.39 is 0 Å². The van der Waals surface area contributed by atoms with Crippen molar-refractivity contribution in [1.82, 2.24) is 5.32 Å². The summed E-state index contributed by atoms with van der Waals surface area (Å²) in [7, 11) is 0. The number of carbonyl (C=O) groups is 1. The first-order valence-corrected chi connectivity index (χ1v) is 5.97. The van der Waals surface area contributed by atoms with Crippen LogP contribution in [-0.2, 0) is 9.53 Å². The molecule has 0 aromatic heterocycles. The van der Waals surface area contributed by atoms with Gasteiger partial charge in [-0.3, -0.25) is 4.79 Å². The fourth-order valence-corrected chi connectivity index (χ4v) is 1.60. The zero-order chi connectivity index (χ0) is 13.0. The molecule has 0 radical (unpaired) electrons. The van der Waals surface area contributed by atoms with Gasteiger partial charge in [-0.1, -0.05) is 34.6 Å². The van der Waals surface area contributed by atoms with Gasteiger partial charge in [0.25, 0.3) is 0 Å². The first kappa shape index (κ1) is 15.4. The van der Waals surface area contributed by atoms with Crippen LogP contribution in [0.5, 0.6) is 0 Å². The van der Waals surface area contributed by atoms with Crippen LogP contribution in [0.4, 0.5) is 0 Å². The van der Waals surface area contributed by atoms with Crippen molar-refractivity contribution < 1.29 is 9.53 Å². The van der Waals surface area contributed by atoms with Crippen LogP contribution < -0.4 is 5.32 Å². The molecule has 16 heavy (non-hydrogen) atoms. The topological polar surface area (TPSA) is 38.3 Å². The third kappa shape index (κ3) is 6.83. The SMILES string of the molecule is CC(C)CC(C)(C)OCNC(=O)C(C)(C)C. The second-order valence-corrected chi connectivity index (χ2v) is 6.40. The molecule has 96 valence electrons. The van der Waals surface area contributed by atoms with E-state index >= 15 is 0 Å². The summed E-state index contributed by atoms with van der Waals surface area (Å²) < 4.78 is 5.67. The predicted molar refractivity (Wildman–Crippen MR) is 67.1 cm³/mol. The van der Waals surface area contributed by atoms with Crippen LogP contribution in [-0.4, -0.2) is 18.2 Å². The highest BCUT2D eigenvalue weighted by Crippen LogP contribution is 2.19. The third-order valence-corrected chi connectivity index (χ3v) is 2.28. The summed E-state index contributed by atoms with van der Waals surface area (Å²) in [5.74, 6) is 0.612. The maximum absolute atomic E-state index is 11.6. The van der Waals surface area contributed by atoms with Crippen molar-refractivity contribution in [3.8, 4) is 0 Å². The fourth-order valence-electron chi connectivity index (χ4n) is 1.60. The van der Waals surface area contributed by atoms with Gasteiger partial charge in [0, 0.05) is 5.41 Å². The molecular formula is C13H27NO2. The molecule has 0 saturated carbocycles. The summed E-state index contributed by atoms with van der Waals surface area (Å²) in [6.45, 7) is 14.4. The molecule has 0 heterocycles. The summed E-state index contributed by atoms with van der Waals surface area (Å²) in [6.07, 6.45) is 0.985. The van der Waals surface area contributed by atoms with Gasteiger partial charge in [0.1, 0.15) is 6.73 Å². The monoisotopic (exact) mass is 229 g/mol. The van der Waals surface area contributed by atoms with Gasteiger partial charge in [0.15, 0.2) is 0 Å². The van der Waals surface area contributed by atoms with E-state index in [2.05, 4.69) is 33.0 Å². The minimum atomic E-state index is -0.356. The lowest BCUT2D eigenvalue weighted by molar-refractivity contribution is -0.132. The lowest BCUT2D eigenvalue weighted by Crippen LogP contribution is -2.39. The van der Waals surface area contributed by atoms with E-state index in [-0.39, 0.29) is 23.7 Å². The lowest BCUT2D eigenvalue weighted by Gasteiger charge is -2.28. The van der Waals surface area contributed by atoms with Gasteiger partial charge < -0.3 is 10.1 Å². The predicted octanol–water partition coefficient (Wildman–Crippen LogP) is 2.95. The second kappa shape index (κ2) is 5.67. The Morgan fingerprint density at radius 2 is 1.69 bits per heavy atom. The molecule has 0 aromatic carbocycles. The maximum atomic E-state index is 11.6. The molecule has 0 spiro atoms. The number of nitrogens with one attached hydrogen (secondary N) is 1. The molecule has 0 saturated heterocycles. The van der Waals surface area contributed by atoms with Crippen molar-refractivity contribution in [2.75, 3.05) is 6.73 Å². The van der Waals surface area contributed by atoms with Gasteiger partial charge in [-0.15, -0.1) is 0 Å². The Balaban J connectivity index is 3.94. The summed E-state index contributed by atoms with van der Waals surface area (Å²) in [5, 5.41) is 2.79. The minimum absolute atomic E-state index is 0.0212. The molecule has 0 fully saturated rings. The van der Waals surface area contributed by atoms with Crippen LogP contribution in [0.15, 0.2) is 0 Å². The number of carbonyl (C=O) groups excluding carboxylic acids is 1. The van der Waals surface area contributed by atoms with Gasteiger partial charge >= 0.3 is 0 Å². The summed E-state index contributed by atoms with van der Waals surface area (Å²) in [5.41, 5.74) is -0.537. The number of ether oxygens (including phenoxy) is 1. The number of hydrogen-bond acceptors (Lipinski definition) is 2. The average Bonchev–Trinajstić information content (AvgIpc) is 1.98. The molecule has 0 atom stereocenters. The number of rotatable bonds is 5. The molecule has 1 amide bonds. The van der Waals surface area contributed by atoms with Crippen molar-refractivity contribution in [3.63, 3.8) is 0 Å². The van der Waals surface area contributed by atoms with Crippen molar-refractivity contribution in [1.29, 1.82) is 0 Å². The van der Waals surface area contributed by atoms with Gasteiger partial charge in [-0.2, -0.15) is 0 Å². The van der Waals surface area contributed by atoms with Crippen molar-refractivity contribution in [2.45, 2.75) is 60.5 Å². The molecule has 1 N–H and O–H groups in total. The number of amides is 1. The minimum Gasteiger partial charge on any atom is -0.355 e. The first-order chi connectivity index (χ1) is 7.04. The highest BCUT2D eigenvalue weighted by Gasteiger charge is 2.23. The molecule has 0 bridgehead atoms. The molecule has 0 aliphatic rings. The molecule has 0 aromatic rings. The van der Waals surface area contributed by atoms with Gasteiger partial charge in [0.2, 0.25) is 5.91 Å². The largest absolute Gasteiger partial charge is 0.355 e. The van der Waals surface area contributed by atoms with E-state index in [0.29, 0.717) is 5.92 Å². The van der Waals surface area contributed by atoms with Gasteiger partial charge in [0.05, 0.1) is 5.60 Å². The standard InChI is InChI=1S/C13H27NO2/c1-10(2)8-13(6,7)16-9-14-11(15)12(3,4)5/h10H,8-9H2,1-7H3,(H,14,15). The highest BCUT2D eigenvalue weighted by atomic mass is 16.5. The average molecular weight is 229 g/mol. The normalized spacial score (nSPS) is 13.0. The van der Waals surface area contributed by atoms with E-state index in [1.165, 1.54) is 0 Å². The van der Waals surface area contributed by atoms with Crippen LogP contribution in [0.2, 0.25) is 0 Å². The zero-order valence-electron chi connectivity index (χ0n) is 11.8. The molecule has 0 rings (SSSR count). The van der Waals surface area contributed by atoms with E-state index in [1.54, 1.807) is 0 Å². The molecule has 3 nitrogen and oxygen atoms in total. The fraction of sp³-hybridized carbons (Fsp3) is 0.923. The Labute approximate surface area is 99.9 Å². The molecule has 0 unspecified atom stereocenters. The van der Waals surface area contributed by atoms with Crippen molar-refractivity contribution >= 4 is 5.91 Å². The van der Waals surface area contributed by atoms with Gasteiger partial charge in [-0.05, 0) is 26.2 Å². The molecule has 3 heteroatoms. The molecule has 0 aliphatic carbocycles.